The molecule has 0 aromatic heterocycles. The molecule has 2 unspecified atom stereocenters. The topological polar surface area (TPSA) is 32.3 Å². The molecule has 1 N–H and O–H groups in total. The van der Waals surface area contributed by atoms with Gasteiger partial charge in [-0.3, -0.25) is 4.79 Å². The second-order valence-corrected chi connectivity index (χ2v) is 8.84. The van der Waals surface area contributed by atoms with Gasteiger partial charge in [0.15, 0.2) is 0 Å². The van der Waals surface area contributed by atoms with Crippen LogP contribution in [0.5, 0.6) is 0 Å². The van der Waals surface area contributed by atoms with Gasteiger partial charge in [0, 0.05) is 31.6 Å². The highest BCUT2D eigenvalue weighted by Crippen LogP contribution is 2.30. The summed E-state index contributed by atoms with van der Waals surface area (Å²) in [5, 5.41) is 3.26. The van der Waals surface area contributed by atoms with Gasteiger partial charge in [-0.15, -0.1) is 0 Å². The minimum Gasteiger partial charge on any atom is -0.352 e. The number of nitrogens with one attached hydrogen (secondary N) is 1. The molecule has 0 radical (unpaired) electrons. The minimum atomic E-state index is 0.0755. The van der Waals surface area contributed by atoms with Crippen molar-refractivity contribution >= 4 is 5.91 Å². The lowest BCUT2D eigenvalue weighted by Gasteiger charge is -2.41. The fourth-order valence-electron chi connectivity index (χ4n) is 3.45. The summed E-state index contributed by atoms with van der Waals surface area (Å²) in [6.45, 7) is 18.8. The van der Waals surface area contributed by atoms with E-state index < -0.39 is 0 Å². The maximum Gasteiger partial charge on any atom is 0.222 e. The zero-order chi connectivity index (χ0) is 16.2. The fourth-order valence-corrected chi connectivity index (χ4v) is 3.45. The number of hydrogen-bond donors (Lipinski definition) is 1. The Bertz CT molecular complexity index is 331. The number of carbonyl (C=O) groups excluding carboxylic acids is 1. The highest BCUT2D eigenvalue weighted by molar-refractivity contribution is 5.78. The molecule has 1 fully saturated rings. The van der Waals surface area contributed by atoms with Gasteiger partial charge >= 0.3 is 0 Å². The molecule has 0 aromatic rings. The van der Waals surface area contributed by atoms with E-state index in [0.717, 1.165) is 19.5 Å². The molecular formula is C18H36N2O. The van der Waals surface area contributed by atoms with Crippen molar-refractivity contribution in [1.29, 1.82) is 0 Å². The van der Waals surface area contributed by atoms with Crippen LogP contribution in [0.3, 0.4) is 0 Å². The summed E-state index contributed by atoms with van der Waals surface area (Å²) in [6.07, 6.45) is 2.36. The van der Waals surface area contributed by atoms with Crippen LogP contribution < -0.4 is 5.32 Å². The van der Waals surface area contributed by atoms with E-state index in [2.05, 4.69) is 44.8 Å². The van der Waals surface area contributed by atoms with E-state index >= 15 is 0 Å². The number of hydrogen-bond acceptors (Lipinski definition) is 2. The SMILES string of the molecule is CC(C)CN1CC(CC(C)(C)C)CC(NC(=O)C(C)C)C1. The molecule has 1 amide bonds. The number of amides is 1. The minimum absolute atomic E-state index is 0.0755. The van der Waals surface area contributed by atoms with Gasteiger partial charge in [0.2, 0.25) is 5.91 Å². The molecule has 3 heteroatoms. The molecule has 1 saturated heterocycles. The van der Waals surface area contributed by atoms with E-state index in [-0.39, 0.29) is 11.8 Å². The van der Waals surface area contributed by atoms with Gasteiger partial charge in [-0.2, -0.15) is 0 Å². The van der Waals surface area contributed by atoms with Crippen molar-refractivity contribution in [2.24, 2.45) is 23.2 Å². The van der Waals surface area contributed by atoms with Crippen molar-refractivity contribution in [1.82, 2.24) is 10.2 Å². The first kappa shape index (κ1) is 18.5. The van der Waals surface area contributed by atoms with Crippen LogP contribution in [0.4, 0.5) is 0 Å². The first-order valence-electron chi connectivity index (χ1n) is 8.59. The molecule has 0 spiro atoms. The average molecular weight is 296 g/mol. The molecule has 0 aliphatic carbocycles. The Labute approximate surface area is 131 Å². The molecule has 3 nitrogen and oxygen atoms in total. The number of rotatable bonds is 5. The molecule has 0 bridgehead atoms. The monoisotopic (exact) mass is 296 g/mol. The summed E-state index contributed by atoms with van der Waals surface area (Å²) in [7, 11) is 0. The van der Waals surface area contributed by atoms with Crippen molar-refractivity contribution in [3.8, 4) is 0 Å². The first-order valence-corrected chi connectivity index (χ1v) is 8.59. The third kappa shape index (κ3) is 7.30. The van der Waals surface area contributed by atoms with Gasteiger partial charge in [-0.05, 0) is 30.1 Å². The van der Waals surface area contributed by atoms with Crippen molar-refractivity contribution in [2.75, 3.05) is 19.6 Å². The molecule has 1 heterocycles. The fraction of sp³-hybridized carbons (Fsp3) is 0.944. The zero-order valence-corrected chi connectivity index (χ0v) is 15.2. The Hall–Kier alpha value is -0.570. The molecule has 124 valence electrons. The normalized spacial score (nSPS) is 24.6. The van der Waals surface area contributed by atoms with Crippen LogP contribution in [0.25, 0.3) is 0 Å². The lowest BCUT2D eigenvalue weighted by molar-refractivity contribution is -0.125. The van der Waals surface area contributed by atoms with Gasteiger partial charge in [-0.1, -0.05) is 48.5 Å². The van der Waals surface area contributed by atoms with Gasteiger partial charge in [0.1, 0.15) is 0 Å². The Morgan fingerprint density at radius 1 is 1.19 bits per heavy atom. The number of likely N-dealkylation sites (tertiary alicyclic amines) is 1. The molecular weight excluding hydrogens is 260 g/mol. The van der Waals surface area contributed by atoms with E-state index in [4.69, 9.17) is 0 Å². The van der Waals surface area contributed by atoms with Gasteiger partial charge in [-0.25, -0.2) is 0 Å². The van der Waals surface area contributed by atoms with Crippen LogP contribution in [0.2, 0.25) is 0 Å². The third-order valence-corrected chi connectivity index (χ3v) is 4.01. The predicted octanol–water partition coefficient (Wildman–Crippen LogP) is 3.54. The Morgan fingerprint density at radius 2 is 1.81 bits per heavy atom. The van der Waals surface area contributed by atoms with Crippen molar-refractivity contribution < 1.29 is 4.79 Å². The molecule has 0 saturated carbocycles. The largest absolute Gasteiger partial charge is 0.352 e. The zero-order valence-electron chi connectivity index (χ0n) is 15.2. The lowest BCUT2D eigenvalue weighted by atomic mass is 9.80. The van der Waals surface area contributed by atoms with Crippen LogP contribution in [-0.4, -0.2) is 36.5 Å². The number of nitrogens with zero attached hydrogens (tertiary/aromatic N) is 1. The quantitative estimate of drug-likeness (QED) is 0.841. The lowest BCUT2D eigenvalue weighted by Crippen LogP contribution is -2.52. The second-order valence-electron chi connectivity index (χ2n) is 8.84. The Morgan fingerprint density at radius 3 is 2.29 bits per heavy atom. The van der Waals surface area contributed by atoms with Crippen molar-refractivity contribution in [2.45, 2.75) is 67.3 Å². The highest BCUT2D eigenvalue weighted by atomic mass is 16.1. The maximum atomic E-state index is 12.0. The summed E-state index contributed by atoms with van der Waals surface area (Å²) in [5.74, 6) is 1.64. The van der Waals surface area contributed by atoms with Crippen LogP contribution in [-0.2, 0) is 4.79 Å². The molecule has 2 atom stereocenters. The highest BCUT2D eigenvalue weighted by Gasteiger charge is 2.31. The first-order chi connectivity index (χ1) is 9.56. The molecule has 1 aliphatic heterocycles. The summed E-state index contributed by atoms with van der Waals surface area (Å²) in [4.78, 5) is 14.6. The van der Waals surface area contributed by atoms with Gasteiger partial charge in [0.05, 0.1) is 0 Å². The smallest absolute Gasteiger partial charge is 0.222 e. The van der Waals surface area contributed by atoms with Crippen LogP contribution in [0.1, 0.15) is 61.3 Å². The summed E-state index contributed by atoms with van der Waals surface area (Å²) in [6, 6.07) is 0.319. The molecule has 1 aliphatic rings. The number of carbonyl (C=O) groups is 1. The summed E-state index contributed by atoms with van der Waals surface area (Å²) < 4.78 is 0. The average Bonchev–Trinajstić information content (AvgIpc) is 2.24. The van der Waals surface area contributed by atoms with E-state index in [9.17, 15) is 4.79 Å². The molecule has 1 rings (SSSR count). The Kier molecular flexibility index (Phi) is 6.71. The van der Waals surface area contributed by atoms with Gasteiger partial charge < -0.3 is 10.2 Å². The standard InChI is InChI=1S/C18H36N2O/c1-13(2)10-20-11-15(9-18(5,6)7)8-16(12-20)19-17(21)14(3)4/h13-16H,8-12H2,1-7H3,(H,19,21). The van der Waals surface area contributed by atoms with E-state index in [1.807, 2.05) is 13.8 Å². The van der Waals surface area contributed by atoms with Crippen LogP contribution in [0, 0.1) is 23.2 Å². The van der Waals surface area contributed by atoms with Crippen LogP contribution >= 0.6 is 0 Å². The Balaban J connectivity index is 2.67. The van der Waals surface area contributed by atoms with Crippen molar-refractivity contribution in [3.63, 3.8) is 0 Å². The summed E-state index contributed by atoms with van der Waals surface area (Å²) in [5.41, 5.74) is 0.359. The van der Waals surface area contributed by atoms with E-state index in [1.165, 1.54) is 13.0 Å². The van der Waals surface area contributed by atoms with E-state index in [1.54, 1.807) is 0 Å². The van der Waals surface area contributed by atoms with Crippen molar-refractivity contribution in [3.05, 3.63) is 0 Å². The number of piperidine rings is 1. The second kappa shape index (κ2) is 7.62. The van der Waals surface area contributed by atoms with Crippen LogP contribution in [0.15, 0.2) is 0 Å². The summed E-state index contributed by atoms with van der Waals surface area (Å²) >= 11 is 0. The third-order valence-electron chi connectivity index (χ3n) is 4.01. The molecule has 0 aromatic carbocycles. The van der Waals surface area contributed by atoms with Gasteiger partial charge in [0.25, 0.3) is 0 Å². The molecule has 21 heavy (non-hydrogen) atoms. The maximum absolute atomic E-state index is 12.0. The van der Waals surface area contributed by atoms with E-state index in [0.29, 0.717) is 23.3 Å². The predicted molar refractivity (Wildman–Crippen MR) is 90.2 cm³/mol.